The minimum atomic E-state index is -3.95. The summed E-state index contributed by atoms with van der Waals surface area (Å²) in [7, 11) is -3.95. The molecule has 1 amide bonds. The quantitative estimate of drug-likeness (QED) is 0.646. The number of nitrogens with one attached hydrogen (secondary N) is 1. The van der Waals surface area contributed by atoms with Gasteiger partial charge in [-0.3, -0.25) is 9.10 Å². The van der Waals surface area contributed by atoms with Gasteiger partial charge in [-0.25, -0.2) is 8.42 Å². The molecule has 28 heavy (non-hydrogen) atoms. The SMILES string of the molecule is Cc1cccc(NC(=O)CN(c2ccccc2)S(=O)(=O)c2ccc(Cl)cc2)c1. The molecule has 144 valence electrons. The predicted octanol–water partition coefficient (Wildman–Crippen LogP) is 4.48. The Balaban J connectivity index is 1.91. The van der Waals surface area contributed by atoms with E-state index in [-0.39, 0.29) is 11.4 Å². The lowest BCUT2D eigenvalue weighted by Gasteiger charge is -2.24. The van der Waals surface area contributed by atoms with E-state index in [0.29, 0.717) is 16.4 Å². The fraction of sp³-hybridized carbons (Fsp3) is 0.0952. The number of halogens is 1. The van der Waals surface area contributed by atoms with E-state index >= 15 is 0 Å². The highest BCUT2D eigenvalue weighted by molar-refractivity contribution is 7.92. The number of amides is 1. The van der Waals surface area contributed by atoms with Gasteiger partial charge >= 0.3 is 0 Å². The normalized spacial score (nSPS) is 11.1. The molecule has 1 N–H and O–H groups in total. The van der Waals surface area contributed by atoms with Crippen LogP contribution in [0.25, 0.3) is 0 Å². The van der Waals surface area contributed by atoms with Crippen LogP contribution in [0.4, 0.5) is 11.4 Å². The number of benzene rings is 3. The van der Waals surface area contributed by atoms with Crippen LogP contribution in [0.3, 0.4) is 0 Å². The van der Waals surface area contributed by atoms with Gasteiger partial charge in [-0.05, 0) is 61.0 Å². The van der Waals surface area contributed by atoms with Crippen LogP contribution in [0.5, 0.6) is 0 Å². The summed E-state index contributed by atoms with van der Waals surface area (Å²) in [6.07, 6.45) is 0. The van der Waals surface area contributed by atoms with Gasteiger partial charge in [0.1, 0.15) is 6.54 Å². The Morgan fingerprint density at radius 3 is 2.29 bits per heavy atom. The van der Waals surface area contributed by atoms with Crippen LogP contribution in [-0.4, -0.2) is 20.9 Å². The van der Waals surface area contributed by atoms with E-state index in [4.69, 9.17) is 11.6 Å². The molecule has 0 spiro atoms. The van der Waals surface area contributed by atoms with E-state index in [1.54, 1.807) is 36.4 Å². The zero-order valence-electron chi connectivity index (χ0n) is 15.2. The Labute approximate surface area is 169 Å². The smallest absolute Gasteiger partial charge is 0.264 e. The van der Waals surface area contributed by atoms with Crippen LogP contribution in [0, 0.1) is 6.92 Å². The molecule has 0 bridgehead atoms. The minimum Gasteiger partial charge on any atom is -0.325 e. The summed E-state index contributed by atoms with van der Waals surface area (Å²) in [4.78, 5) is 12.7. The van der Waals surface area contributed by atoms with Crippen LogP contribution < -0.4 is 9.62 Å². The summed E-state index contributed by atoms with van der Waals surface area (Å²) in [5.74, 6) is -0.438. The minimum absolute atomic E-state index is 0.0594. The fourth-order valence-electron chi connectivity index (χ4n) is 2.70. The van der Waals surface area contributed by atoms with E-state index in [0.717, 1.165) is 9.87 Å². The Morgan fingerprint density at radius 2 is 1.64 bits per heavy atom. The van der Waals surface area contributed by atoms with Gasteiger partial charge in [-0.2, -0.15) is 0 Å². The number of anilines is 2. The van der Waals surface area contributed by atoms with E-state index < -0.39 is 15.9 Å². The van der Waals surface area contributed by atoms with Crippen molar-refractivity contribution < 1.29 is 13.2 Å². The first kappa shape index (κ1) is 19.9. The summed E-state index contributed by atoms with van der Waals surface area (Å²) < 4.78 is 27.5. The zero-order chi connectivity index (χ0) is 20.1. The Kier molecular flexibility index (Phi) is 6.02. The highest BCUT2D eigenvalue weighted by Gasteiger charge is 2.27. The van der Waals surface area contributed by atoms with Crippen molar-refractivity contribution in [3.63, 3.8) is 0 Å². The largest absolute Gasteiger partial charge is 0.325 e. The second-order valence-electron chi connectivity index (χ2n) is 6.22. The molecule has 0 aliphatic heterocycles. The molecular weight excluding hydrogens is 396 g/mol. The second kappa shape index (κ2) is 8.46. The van der Waals surface area contributed by atoms with Crippen LogP contribution in [0.15, 0.2) is 83.8 Å². The van der Waals surface area contributed by atoms with Crippen LogP contribution in [0.1, 0.15) is 5.56 Å². The number of hydrogen-bond donors (Lipinski definition) is 1. The van der Waals surface area contributed by atoms with Crippen molar-refractivity contribution in [3.8, 4) is 0 Å². The number of aryl methyl sites for hydroxylation is 1. The standard InChI is InChI=1S/C21H19ClN2O3S/c1-16-6-5-7-18(14-16)23-21(25)15-24(19-8-3-2-4-9-19)28(26,27)20-12-10-17(22)11-13-20/h2-14H,15H2,1H3,(H,23,25). The van der Waals surface area contributed by atoms with Crippen molar-refractivity contribution >= 4 is 38.9 Å². The first-order valence-electron chi connectivity index (χ1n) is 8.56. The van der Waals surface area contributed by atoms with Crippen LogP contribution in [0.2, 0.25) is 5.02 Å². The lowest BCUT2D eigenvalue weighted by molar-refractivity contribution is -0.114. The molecule has 0 unspecified atom stereocenters. The molecule has 3 aromatic rings. The van der Waals surface area contributed by atoms with Gasteiger partial charge in [0.2, 0.25) is 5.91 Å². The molecule has 0 fully saturated rings. The van der Waals surface area contributed by atoms with Gasteiger partial charge < -0.3 is 5.32 Å². The molecular formula is C21H19ClN2O3S. The van der Waals surface area contributed by atoms with E-state index in [2.05, 4.69) is 5.32 Å². The first-order valence-corrected chi connectivity index (χ1v) is 10.4. The van der Waals surface area contributed by atoms with Gasteiger partial charge in [-0.15, -0.1) is 0 Å². The molecule has 0 aliphatic rings. The number of nitrogens with zero attached hydrogens (tertiary/aromatic N) is 1. The molecule has 0 aliphatic carbocycles. The molecule has 0 atom stereocenters. The van der Waals surface area contributed by atoms with Crippen molar-refractivity contribution in [1.29, 1.82) is 0 Å². The number of sulfonamides is 1. The molecule has 0 saturated carbocycles. The van der Waals surface area contributed by atoms with Gasteiger partial charge in [0, 0.05) is 10.7 Å². The summed E-state index contributed by atoms with van der Waals surface area (Å²) in [5, 5.41) is 3.18. The average Bonchev–Trinajstić information content (AvgIpc) is 2.67. The molecule has 0 radical (unpaired) electrons. The van der Waals surface area contributed by atoms with Gasteiger partial charge in [0.05, 0.1) is 10.6 Å². The molecule has 3 rings (SSSR count). The molecule has 0 saturated heterocycles. The van der Waals surface area contributed by atoms with Crippen molar-refractivity contribution in [1.82, 2.24) is 0 Å². The third kappa shape index (κ3) is 4.71. The van der Waals surface area contributed by atoms with Crippen molar-refractivity contribution in [3.05, 3.63) is 89.4 Å². The number of para-hydroxylation sites is 1. The maximum atomic E-state index is 13.2. The molecule has 7 heteroatoms. The third-order valence-electron chi connectivity index (χ3n) is 4.03. The summed E-state index contributed by atoms with van der Waals surface area (Å²) in [5.41, 5.74) is 2.00. The maximum Gasteiger partial charge on any atom is 0.264 e. The average molecular weight is 415 g/mol. The van der Waals surface area contributed by atoms with Crippen molar-refractivity contribution in [2.75, 3.05) is 16.2 Å². The summed E-state index contributed by atoms with van der Waals surface area (Å²) >= 11 is 5.87. The van der Waals surface area contributed by atoms with Crippen LogP contribution in [-0.2, 0) is 14.8 Å². The van der Waals surface area contributed by atoms with Gasteiger partial charge in [-0.1, -0.05) is 41.9 Å². The molecule has 5 nitrogen and oxygen atoms in total. The van der Waals surface area contributed by atoms with E-state index in [9.17, 15) is 13.2 Å². The number of hydrogen-bond acceptors (Lipinski definition) is 3. The maximum absolute atomic E-state index is 13.2. The number of carbonyl (C=O) groups is 1. The molecule has 0 aromatic heterocycles. The Hall–Kier alpha value is -2.83. The lowest BCUT2D eigenvalue weighted by Crippen LogP contribution is -2.38. The number of carbonyl (C=O) groups excluding carboxylic acids is 1. The second-order valence-corrected chi connectivity index (χ2v) is 8.52. The summed E-state index contributed by atoms with van der Waals surface area (Å²) in [6.45, 7) is 1.56. The Bertz CT molecular complexity index is 1070. The predicted molar refractivity (Wildman–Crippen MR) is 112 cm³/mol. The van der Waals surface area contributed by atoms with Gasteiger partial charge in [0.25, 0.3) is 10.0 Å². The number of rotatable bonds is 6. The van der Waals surface area contributed by atoms with Crippen molar-refractivity contribution in [2.24, 2.45) is 0 Å². The highest BCUT2D eigenvalue weighted by atomic mass is 35.5. The summed E-state index contributed by atoms with van der Waals surface area (Å²) in [6, 6.07) is 21.7. The highest BCUT2D eigenvalue weighted by Crippen LogP contribution is 2.24. The van der Waals surface area contributed by atoms with E-state index in [1.807, 2.05) is 25.1 Å². The molecule has 0 heterocycles. The zero-order valence-corrected chi connectivity index (χ0v) is 16.7. The third-order valence-corrected chi connectivity index (χ3v) is 6.07. The van der Waals surface area contributed by atoms with Crippen LogP contribution >= 0.6 is 11.6 Å². The van der Waals surface area contributed by atoms with E-state index in [1.165, 1.54) is 24.3 Å². The Morgan fingerprint density at radius 1 is 0.964 bits per heavy atom. The first-order chi connectivity index (χ1) is 13.4. The lowest BCUT2D eigenvalue weighted by atomic mass is 10.2. The van der Waals surface area contributed by atoms with Gasteiger partial charge in [0.15, 0.2) is 0 Å². The topological polar surface area (TPSA) is 66.5 Å². The monoisotopic (exact) mass is 414 g/mol. The molecule has 3 aromatic carbocycles. The van der Waals surface area contributed by atoms with Crippen molar-refractivity contribution in [2.45, 2.75) is 11.8 Å². The fourth-order valence-corrected chi connectivity index (χ4v) is 4.24.